The average Bonchev–Trinajstić information content (AvgIpc) is 2.84. The van der Waals surface area contributed by atoms with Crippen LogP contribution >= 0.6 is 11.8 Å². The Bertz CT molecular complexity index is 582. The maximum Gasteiger partial charge on any atom is 0.339 e. The van der Waals surface area contributed by atoms with Gasteiger partial charge in [0.2, 0.25) is 0 Å². The van der Waals surface area contributed by atoms with Crippen LogP contribution in [0.5, 0.6) is 5.75 Å². The van der Waals surface area contributed by atoms with E-state index in [0.29, 0.717) is 17.6 Å². The Morgan fingerprint density at radius 3 is 2.95 bits per heavy atom. The van der Waals surface area contributed by atoms with Gasteiger partial charge in [0.25, 0.3) is 5.22 Å². The summed E-state index contributed by atoms with van der Waals surface area (Å²) in [5, 5.41) is 9.66. The van der Waals surface area contributed by atoms with Crippen LogP contribution in [0.15, 0.2) is 40.2 Å². The highest BCUT2D eigenvalue weighted by Crippen LogP contribution is 2.20. The van der Waals surface area contributed by atoms with Crippen molar-refractivity contribution in [1.29, 1.82) is 0 Å². The van der Waals surface area contributed by atoms with E-state index in [1.165, 1.54) is 17.8 Å². The molecule has 0 saturated carbocycles. The Hall–Kier alpha value is -1.95. The molecule has 1 heterocycles. The Morgan fingerprint density at radius 2 is 2.25 bits per heavy atom. The fourth-order valence-corrected chi connectivity index (χ4v) is 2.33. The number of aromatic carboxylic acids is 1. The number of ether oxygens (including phenoxy) is 1. The Kier molecular flexibility index (Phi) is 5.06. The molecule has 0 atom stereocenters. The molecule has 0 spiro atoms. The molecule has 0 unspecified atom stereocenters. The summed E-state index contributed by atoms with van der Waals surface area (Å²) in [5.41, 5.74) is 1.04. The van der Waals surface area contributed by atoms with E-state index in [-0.39, 0.29) is 5.56 Å². The van der Waals surface area contributed by atoms with Crippen molar-refractivity contribution in [2.45, 2.75) is 18.6 Å². The first kappa shape index (κ1) is 14.5. The minimum Gasteiger partial charge on any atom is -0.493 e. The van der Waals surface area contributed by atoms with Crippen molar-refractivity contribution in [2.75, 3.05) is 12.4 Å². The Labute approximate surface area is 121 Å². The summed E-state index contributed by atoms with van der Waals surface area (Å²) in [6.45, 7) is 2.33. The van der Waals surface area contributed by atoms with Crippen molar-refractivity contribution in [3.8, 4) is 5.75 Å². The molecular weight excluding hydrogens is 278 g/mol. The van der Waals surface area contributed by atoms with Crippen LogP contribution in [0.1, 0.15) is 22.5 Å². The van der Waals surface area contributed by atoms with Crippen molar-refractivity contribution >= 4 is 17.7 Å². The normalized spacial score (nSPS) is 10.4. The molecule has 0 saturated heterocycles. The number of carbonyl (C=O) groups is 1. The van der Waals surface area contributed by atoms with Gasteiger partial charge in [0, 0.05) is 5.75 Å². The van der Waals surface area contributed by atoms with Crippen LogP contribution in [0.25, 0.3) is 0 Å². The lowest BCUT2D eigenvalue weighted by molar-refractivity contribution is 0.0692. The minimum absolute atomic E-state index is 0.184. The van der Waals surface area contributed by atoms with Gasteiger partial charge >= 0.3 is 5.97 Å². The van der Waals surface area contributed by atoms with E-state index in [9.17, 15) is 4.79 Å². The number of carboxylic acids is 1. The van der Waals surface area contributed by atoms with Crippen LogP contribution in [0, 0.1) is 6.92 Å². The Balaban J connectivity index is 1.75. The highest BCUT2D eigenvalue weighted by molar-refractivity contribution is 7.99. The zero-order valence-electron chi connectivity index (χ0n) is 11.0. The molecule has 106 valence electrons. The third-order valence-corrected chi connectivity index (χ3v) is 3.41. The van der Waals surface area contributed by atoms with E-state index < -0.39 is 5.97 Å². The first-order chi connectivity index (χ1) is 9.66. The van der Waals surface area contributed by atoms with Crippen molar-refractivity contribution in [3.05, 3.63) is 41.8 Å². The molecule has 0 amide bonds. The lowest BCUT2D eigenvalue weighted by Gasteiger charge is -2.08. The number of aromatic nitrogens is 1. The van der Waals surface area contributed by atoms with E-state index in [1.54, 1.807) is 24.5 Å². The predicted octanol–water partition coefficient (Wildman–Crippen LogP) is 3.24. The lowest BCUT2D eigenvalue weighted by atomic mass is 10.2. The van der Waals surface area contributed by atoms with Crippen molar-refractivity contribution < 1.29 is 19.1 Å². The molecule has 6 heteroatoms. The van der Waals surface area contributed by atoms with E-state index in [4.69, 9.17) is 14.3 Å². The van der Waals surface area contributed by atoms with E-state index in [1.807, 2.05) is 6.92 Å². The second-order valence-electron chi connectivity index (χ2n) is 4.11. The van der Waals surface area contributed by atoms with Crippen LogP contribution in [0.3, 0.4) is 0 Å². The first-order valence-corrected chi connectivity index (χ1v) is 7.15. The maximum atomic E-state index is 11.0. The number of para-hydroxylation sites is 1. The molecule has 1 aromatic carbocycles. The number of oxazole rings is 1. The zero-order chi connectivity index (χ0) is 14.4. The fraction of sp³-hybridized carbons (Fsp3) is 0.286. The van der Waals surface area contributed by atoms with Gasteiger partial charge in [-0.1, -0.05) is 23.9 Å². The molecule has 5 nitrogen and oxygen atoms in total. The largest absolute Gasteiger partial charge is 0.493 e. The first-order valence-electron chi connectivity index (χ1n) is 6.17. The van der Waals surface area contributed by atoms with Gasteiger partial charge in [-0.15, -0.1) is 0 Å². The van der Waals surface area contributed by atoms with Gasteiger partial charge in [-0.2, -0.15) is 0 Å². The summed E-state index contributed by atoms with van der Waals surface area (Å²) in [6, 6.07) is 6.62. The number of nitrogens with zero attached hydrogens (tertiary/aromatic N) is 1. The molecular formula is C14H15NO4S. The van der Waals surface area contributed by atoms with Gasteiger partial charge < -0.3 is 14.3 Å². The van der Waals surface area contributed by atoms with Crippen LogP contribution in [0.4, 0.5) is 0 Å². The van der Waals surface area contributed by atoms with Crippen LogP contribution in [-0.4, -0.2) is 28.4 Å². The fourth-order valence-electron chi connectivity index (χ4n) is 1.57. The number of hydrogen-bond donors (Lipinski definition) is 1. The number of carboxylic acid groups (broad SMARTS) is 1. The number of thioether (sulfide) groups is 1. The molecule has 0 fully saturated rings. The summed E-state index contributed by atoms with van der Waals surface area (Å²) in [7, 11) is 0. The molecule has 0 aliphatic carbocycles. The molecule has 0 bridgehead atoms. The monoisotopic (exact) mass is 293 g/mol. The third-order valence-electron chi connectivity index (χ3n) is 2.49. The predicted molar refractivity (Wildman–Crippen MR) is 75.5 cm³/mol. The van der Waals surface area contributed by atoms with Gasteiger partial charge in [0.05, 0.1) is 12.3 Å². The molecule has 1 N–H and O–H groups in total. The van der Waals surface area contributed by atoms with E-state index in [0.717, 1.165) is 17.9 Å². The standard InChI is InChI=1S/C14H15NO4S/c1-10-9-19-14(15-10)20-8-4-7-18-12-6-3-2-5-11(12)13(16)17/h2-3,5-6,9H,4,7-8H2,1H3,(H,16,17). The Morgan fingerprint density at radius 1 is 1.45 bits per heavy atom. The smallest absolute Gasteiger partial charge is 0.339 e. The minimum atomic E-state index is -0.981. The topological polar surface area (TPSA) is 72.6 Å². The molecule has 1 aromatic heterocycles. The quantitative estimate of drug-likeness (QED) is 0.624. The average molecular weight is 293 g/mol. The van der Waals surface area contributed by atoms with E-state index >= 15 is 0 Å². The van der Waals surface area contributed by atoms with E-state index in [2.05, 4.69) is 4.98 Å². The van der Waals surface area contributed by atoms with Gasteiger partial charge in [-0.05, 0) is 25.5 Å². The summed E-state index contributed by atoms with van der Waals surface area (Å²) < 4.78 is 10.7. The van der Waals surface area contributed by atoms with Crippen molar-refractivity contribution in [2.24, 2.45) is 0 Å². The maximum absolute atomic E-state index is 11.0. The molecule has 0 radical (unpaired) electrons. The van der Waals surface area contributed by atoms with Crippen LogP contribution in [0.2, 0.25) is 0 Å². The van der Waals surface area contributed by atoms with Gasteiger partial charge in [-0.25, -0.2) is 9.78 Å². The summed E-state index contributed by atoms with van der Waals surface area (Å²) in [5.74, 6) is 0.219. The second kappa shape index (κ2) is 7.00. The van der Waals surface area contributed by atoms with Gasteiger partial charge in [-0.3, -0.25) is 0 Å². The number of rotatable bonds is 7. The number of aryl methyl sites for hydroxylation is 1. The van der Waals surface area contributed by atoms with Gasteiger partial charge in [0.15, 0.2) is 0 Å². The summed E-state index contributed by atoms with van der Waals surface area (Å²) in [6.07, 6.45) is 2.39. The van der Waals surface area contributed by atoms with Crippen molar-refractivity contribution in [1.82, 2.24) is 4.98 Å². The summed E-state index contributed by atoms with van der Waals surface area (Å²) >= 11 is 1.51. The summed E-state index contributed by atoms with van der Waals surface area (Å²) in [4.78, 5) is 15.2. The van der Waals surface area contributed by atoms with Crippen molar-refractivity contribution in [3.63, 3.8) is 0 Å². The van der Waals surface area contributed by atoms with Crippen LogP contribution < -0.4 is 4.74 Å². The SMILES string of the molecule is Cc1coc(SCCCOc2ccccc2C(=O)O)n1. The third kappa shape index (κ3) is 4.03. The molecule has 0 aliphatic rings. The highest BCUT2D eigenvalue weighted by Gasteiger charge is 2.09. The zero-order valence-corrected chi connectivity index (χ0v) is 11.9. The molecule has 20 heavy (non-hydrogen) atoms. The molecule has 0 aliphatic heterocycles. The number of hydrogen-bond acceptors (Lipinski definition) is 5. The molecule has 2 aromatic rings. The number of benzene rings is 1. The lowest BCUT2D eigenvalue weighted by Crippen LogP contribution is -2.04. The highest BCUT2D eigenvalue weighted by atomic mass is 32.2. The molecule has 2 rings (SSSR count). The van der Waals surface area contributed by atoms with Crippen LogP contribution in [-0.2, 0) is 0 Å². The van der Waals surface area contributed by atoms with Gasteiger partial charge in [0.1, 0.15) is 17.6 Å². The second-order valence-corrected chi connectivity index (χ2v) is 5.15.